The summed E-state index contributed by atoms with van der Waals surface area (Å²) in [6.45, 7) is 0.504. The number of aromatic nitrogens is 1. The van der Waals surface area contributed by atoms with Crippen molar-refractivity contribution < 1.29 is 17.6 Å². The van der Waals surface area contributed by atoms with E-state index in [9.17, 15) is 17.6 Å². The third-order valence-electron chi connectivity index (χ3n) is 2.72. The number of nitrogens with one attached hydrogen (secondary N) is 1. The Bertz CT molecular complexity index is 547. The maximum absolute atomic E-state index is 12.7. The molecule has 1 N–H and O–H groups in total. The molecule has 0 aliphatic heterocycles. The fourth-order valence-corrected chi connectivity index (χ4v) is 1.65. The van der Waals surface area contributed by atoms with Gasteiger partial charge < -0.3 is 5.32 Å². The molecule has 1 heterocycles. The van der Waals surface area contributed by atoms with Crippen LogP contribution < -0.4 is 5.32 Å². The van der Waals surface area contributed by atoms with Crippen molar-refractivity contribution in [2.24, 2.45) is 0 Å². The van der Waals surface area contributed by atoms with Crippen LogP contribution in [-0.4, -0.2) is 11.5 Å². The molecule has 0 radical (unpaired) electrons. The second-order valence-corrected chi connectivity index (χ2v) is 4.23. The van der Waals surface area contributed by atoms with Gasteiger partial charge in [0.15, 0.2) is 0 Å². The molecular formula is C14H12F4N2. The number of hydrogen-bond donors (Lipinski definition) is 1. The van der Waals surface area contributed by atoms with Crippen molar-refractivity contribution in [3.8, 4) is 0 Å². The van der Waals surface area contributed by atoms with Crippen molar-refractivity contribution in [2.75, 3.05) is 11.9 Å². The molecule has 0 unspecified atom stereocenters. The molecule has 0 saturated heterocycles. The molecule has 20 heavy (non-hydrogen) atoms. The highest BCUT2D eigenvalue weighted by atomic mass is 19.4. The predicted octanol–water partition coefficient (Wildman–Crippen LogP) is 3.89. The molecule has 1 aromatic heterocycles. The third kappa shape index (κ3) is 3.94. The summed E-state index contributed by atoms with van der Waals surface area (Å²) >= 11 is 0. The molecule has 0 fully saturated rings. The average Bonchev–Trinajstić information content (AvgIpc) is 2.41. The number of halogens is 4. The van der Waals surface area contributed by atoms with Gasteiger partial charge in [0.05, 0.1) is 5.56 Å². The number of rotatable bonds is 4. The van der Waals surface area contributed by atoms with Crippen LogP contribution in [0, 0.1) is 5.82 Å². The molecule has 0 saturated carbocycles. The van der Waals surface area contributed by atoms with Gasteiger partial charge in [-0.25, -0.2) is 9.37 Å². The molecule has 0 spiro atoms. The minimum absolute atomic E-state index is 0.300. The van der Waals surface area contributed by atoms with Crippen LogP contribution in [0.1, 0.15) is 11.1 Å². The Morgan fingerprint density at radius 1 is 1.00 bits per heavy atom. The number of hydrogen-bond acceptors (Lipinski definition) is 2. The SMILES string of the molecule is Fc1ccc(CCNc2ccc(C(F)(F)F)cn2)cc1. The van der Waals surface area contributed by atoms with E-state index < -0.39 is 11.7 Å². The largest absolute Gasteiger partial charge is 0.417 e. The lowest BCUT2D eigenvalue weighted by molar-refractivity contribution is -0.137. The first-order valence-corrected chi connectivity index (χ1v) is 5.97. The lowest BCUT2D eigenvalue weighted by Gasteiger charge is -2.08. The first kappa shape index (κ1) is 14.3. The van der Waals surface area contributed by atoms with Crippen molar-refractivity contribution in [2.45, 2.75) is 12.6 Å². The third-order valence-corrected chi connectivity index (χ3v) is 2.72. The molecule has 2 aromatic rings. The number of anilines is 1. The second-order valence-electron chi connectivity index (χ2n) is 4.23. The normalized spacial score (nSPS) is 11.4. The Hall–Kier alpha value is -2.11. The van der Waals surface area contributed by atoms with Gasteiger partial charge in [-0.15, -0.1) is 0 Å². The van der Waals surface area contributed by atoms with Crippen molar-refractivity contribution in [1.82, 2.24) is 4.98 Å². The smallest absolute Gasteiger partial charge is 0.370 e. The van der Waals surface area contributed by atoms with Crippen molar-refractivity contribution >= 4 is 5.82 Å². The van der Waals surface area contributed by atoms with Crippen LogP contribution in [-0.2, 0) is 12.6 Å². The maximum atomic E-state index is 12.7. The van der Waals surface area contributed by atoms with Gasteiger partial charge in [-0.1, -0.05) is 12.1 Å². The van der Waals surface area contributed by atoms with E-state index in [0.717, 1.165) is 17.8 Å². The highest BCUT2D eigenvalue weighted by Crippen LogP contribution is 2.28. The Morgan fingerprint density at radius 2 is 1.70 bits per heavy atom. The van der Waals surface area contributed by atoms with Crippen molar-refractivity contribution in [1.29, 1.82) is 0 Å². The molecule has 0 bridgehead atoms. The van der Waals surface area contributed by atoms with Crippen LogP contribution in [0.2, 0.25) is 0 Å². The van der Waals surface area contributed by atoms with Crippen LogP contribution in [0.5, 0.6) is 0 Å². The molecule has 0 aliphatic carbocycles. The zero-order valence-corrected chi connectivity index (χ0v) is 10.4. The minimum atomic E-state index is -4.38. The van der Waals surface area contributed by atoms with Crippen molar-refractivity contribution in [3.63, 3.8) is 0 Å². The predicted molar refractivity (Wildman–Crippen MR) is 67.8 cm³/mol. The first-order chi connectivity index (χ1) is 9.45. The zero-order valence-electron chi connectivity index (χ0n) is 10.4. The van der Waals surface area contributed by atoms with Gasteiger partial charge in [-0.3, -0.25) is 0 Å². The lowest BCUT2D eigenvalue weighted by atomic mass is 10.1. The molecule has 0 amide bonds. The molecule has 6 heteroatoms. The van der Waals surface area contributed by atoms with Gasteiger partial charge in [-0.05, 0) is 36.2 Å². The van der Waals surface area contributed by atoms with E-state index in [1.54, 1.807) is 12.1 Å². The van der Waals surface area contributed by atoms with Gasteiger partial charge in [-0.2, -0.15) is 13.2 Å². The standard InChI is InChI=1S/C14H12F4N2/c15-12-4-1-10(2-5-12)7-8-19-13-6-3-11(9-20-13)14(16,17)18/h1-6,9H,7-8H2,(H,19,20). The molecule has 106 valence electrons. The fourth-order valence-electron chi connectivity index (χ4n) is 1.65. The summed E-state index contributed by atoms with van der Waals surface area (Å²) in [6.07, 6.45) is -2.96. The van der Waals surface area contributed by atoms with Gasteiger partial charge in [0.25, 0.3) is 0 Å². The molecule has 2 nitrogen and oxygen atoms in total. The van der Waals surface area contributed by atoms with Crippen LogP contribution in [0.3, 0.4) is 0 Å². The fraction of sp³-hybridized carbons (Fsp3) is 0.214. The van der Waals surface area contributed by atoms with E-state index in [1.807, 2.05) is 0 Å². The molecule has 1 aromatic carbocycles. The Morgan fingerprint density at radius 3 is 2.25 bits per heavy atom. The van der Waals surface area contributed by atoms with Gasteiger partial charge in [0.1, 0.15) is 11.6 Å². The minimum Gasteiger partial charge on any atom is -0.370 e. The van der Waals surface area contributed by atoms with E-state index in [-0.39, 0.29) is 5.82 Å². The van der Waals surface area contributed by atoms with Crippen molar-refractivity contribution in [3.05, 3.63) is 59.5 Å². The summed E-state index contributed by atoms with van der Waals surface area (Å²) in [5, 5.41) is 2.91. The van der Waals surface area contributed by atoms with Crippen LogP contribution in [0.4, 0.5) is 23.4 Å². The summed E-state index contributed by atoms with van der Waals surface area (Å²) in [7, 11) is 0. The van der Waals surface area contributed by atoms with Crippen LogP contribution in [0.15, 0.2) is 42.6 Å². The van der Waals surface area contributed by atoms with Crippen LogP contribution in [0.25, 0.3) is 0 Å². The highest BCUT2D eigenvalue weighted by molar-refractivity contribution is 5.36. The number of benzene rings is 1. The van der Waals surface area contributed by atoms with Gasteiger partial charge in [0, 0.05) is 12.7 Å². The monoisotopic (exact) mass is 284 g/mol. The lowest BCUT2D eigenvalue weighted by Crippen LogP contribution is -2.09. The summed E-state index contributed by atoms with van der Waals surface area (Å²) in [6, 6.07) is 8.33. The summed E-state index contributed by atoms with van der Waals surface area (Å²) in [5.41, 5.74) is 0.160. The summed E-state index contributed by atoms with van der Waals surface area (Å²) in [4.78, 5) is 3.70. The van der Waals surface area contributed by atoms with E-state index in [0.29, 0.717) is 18.8 Å². The molecular weight excluding hydrogens is 272 g/mol. The summed E-state index contributed by atoms with van der Waals surface area (Å²) in [5.74, 6) is 0.0752. The topological polar surface area (TPSA) is 24.9 Å². The number of nitrogens with zero attached hydrogens (tertiary/aromatic N) is 1. The second kappa shape index (κ2) is 5.90. The zero-order chi connectivity index (χ0) is 14.6. The van der Waals surface area contributed by atoms with E-state index >= 15 is 0 Å². The maximum Gasteiger partial charge on any atom is 0.417 e. The Kier molecular flexibility index (Phi) is 4.22. The highest BCUT2D eigenvalue weighted by Gasteiger charge is 2.30. The Balaban J connectivity index is 1.87. The van der Waals surface area contributed by atoms with E-state index in [2.05, 4.69) is 10.3 Å². The van der Waals surface area contributed by atoms with E-state index in [1.165, 1.54) is 18.2 Å². The average molecular weight is 284 g/mol. The molecule has 2 rings (SSSR count). The molecule has 0 aliphatic rings. The van der Waals surface area contributed by atoms with Crippen LogP contribution >= 0.6 is 0 Å². The van der Waals surface area contributed by atoms with Gasteiger partial charge >= 0.3 is 6.18 Å². The van der Waals surface area contributed by atoms with Gasteiger partial charge in [0.2, 0.25) is 0 Å². The molecule has 0 atom stereocenters. The quantitative estimate of drug-likeness (QED) is 0.861. The first-order valence-electron chi connectivity index (χ1n) is 5.97. The number of alkyl halides is 3. The number of pyridine rings is 1. The summed E-state index contributed by atoms with van der Waals surface area (Å²) < 4.78 is 49.7. The Labute approximate surface area is 113 Å². The van der Waals surface area contributed by atoms with E-state index in [4.69, 9.17) is 0 Å².